The Morgan fingerprint density at radius 1 is 1.16 bits per heavy atom. The average Bonchev–Trinajstić information content (AvgIpc) is 3.04. The highest BCUT2D eigenvalue weighted by molar-refractivity contribution is 5.88. The van der Waals surface area contributed by atoms with Crippen LogP contribution >= 0.6 is 0 Å². The first-order chi connectivity index (χ1) is 11.8. The number of hydrogen-bond donors (Lipinski definition) is 1. The Kier molecular flexibility index (Phi) is 4.04. The lowest BCUT2D eigenvalue weighted by atomic mass is 9.90. The zero-order chi connectivity index (χ0) is 18.2. The van der Waals surface area contributed by atoms with Gasteiger partial charge in [0.05, 0.1) is 0 Å². The van der Waals surface area contributed by atoms with Gasteiger partial charge < -0.3 is 14.4 Å². The van der Waals surface area contributed by atoms with E-state index in [-0.39, 0.29) is 5.91 Å². The molecule has 1 heterocycles. The monoisotopic (exact) mass is 338 g/mol. The Morgan fingerprint density at radius 2 is 1.84 bits per heavy atom. The average molecular weight is 338 g/mol. The van der Waals surface area contributed by atoms with Crippen molar-refractivity contribution >= 4 is 23.0 Å². The summed E-state index contributed by atoms with van der Waals surface area (Å²) in [5, 5.41) is 9.72. The number of oxazole rings is 1. The summed E-state index contributed by atoms with van der Waals surface area (Å²) in [5.74, 6) is -0.990. The second kappa shape index (κ2) is 6.05. The molecule has 6 nitrogen and oxygen atoms in total. The maximum absolute atomic E-state index is 11.9. The third-order valence-electron chi connectivity index (χ3n) is 4.53. The second-order valence-corrected chi connectivity index (χ2v) is 6.02. The van der Waals surface area contributed by atoms with Gasteiger partial charge in [-0.2, -0.15) is 0 Å². The van der Waals surface area contributed by atoms with Gasteiger partial charge >= 0.3 is 5.97 Å². The van der Waals surface area contributed by atoms with Gasteiger partial charge in [-0.25, -0.2) is 9.78 Å². The van der Waals surface area contributed by atoms with Crippen LogP contribution in [0.5, 0.6) is 0 Å². The fourth-order valence-corrected chi connectivity index (χ4v) is 2.71. The van der Waals surface area contributed by atoms with Gasteiger partial charge in [-0.05, 0) is 36.8 Å². The number of likely N-dealkylation sites (N-methyl/N-ethyl adjacent to an activating group) is 1. The van der Waals surface area contributed by atoms with E-state index in [1.807, 2.05) is 30.3 Å². The molecule has 0 saturated carbocycles. The summed E-state index contributed by atoms with van der Waals surface area (Å²) in [6, 6.07) is 14.4. The first-order valence-electron chi connectivity index (χ1n) is 7.78. The van der Waals surface area contributed by atoms with Gasteiger partial charge in [0.25, 0.3) is 0 Å². The Balaban J connectivity index is 2.11. The standard InChI is InChI=1S/C19H18N2O4/c1-12(22)21(3)19(2,18(23)24)14-9-10-16-15(11-14)20-17(25-16)13-7-5-4-6-8-13/h4-11H,1-3H3,(H,23,24). The highest BCUT2D eigenvalue weighted by atomic mass is 16.4. The molecule has 0 aliphatic heterocycles. The quantitative estimate of drug-likeness (QED) is 0.789. The van der Waals surface area contributed by atoms with Crippen LogP contribution in [0.25, 0.3) is 22.6 Å². The number of aromatic nitrogens is 1. The number of aliphatic carboxylic acids is 1. The molecule has 25 heavy (non-hydrogen) atoms. The molecule has 3 aromatic rings. The van der Waals surface area contributed by atoms with Gasteiger partial charge in [-0.15, -0.1) is 0 Å². The first kappa shape index (κ1) is 16.7. The number of carboxylic acid groups (broad SMARTS) is 1. The lowest BCUT2D eigenvalue weighted by Gasteiger charge is -2.34. The minimum Gasteiger partial charge on any atom is -0.479 e. The van der Waals surface area contributed by atoms with Crippen molar-refractivity contribution in [1.29, 1.82) is 0 Å². The number of carbonyl (C=O) groups is 2. The van der Waals surface area contributed by atoms with Crippen LogP contribution in [-0.4, -0.2) is 33.9 Å². The lowest BCUT2D eigenvalue weighted by molar-refractivity contribution is -0.156. The zero-order valence-electron chi connectivity index (χ0n) is 14.2. The molecule has 0 bridgehead atoms. The fraction of sp³-hybridized carbons (Fsp3) is 0.211. The van der Waals surface area contributed by atoms with Gasteiger partial charge in [0.1, 0.15) is 5.52 Å². The Morgan fingerprint density at radius 3 is 2.44 bits per heavy atom. The zero-order valence-corrected chi connectivity index (χ0v) is 14.2. The van der Waals surface area contributed by atoms with Gasteiger partial charge in [0.15, 0.2) is 11.1 Å². The summed E-state index contributed by atoms with van der Waals surface area (Å²) in [7, 11) is 1.47. The molecule has 0 spiro atoms. The van der Waals surface area contributed by atoms with Crippen LogP contribution in [0.2, 0.25) is 0 Å². The van der Waals surface area contributed by atoms with Crippen LogP contribution in [0.15, 0.2) is 52.9 Å². The molecular weight excluding hydrogens is 320 g/mol. The van der Waals surface area contributed by atoms with E-state index in [2.05, 4.69) is 4.98 Å². The molecule has 128 valence electrons. The van der Waals surface area contributed by atoms with E-state index in [4.69, 9.17) is 4.42 Å². The number of fused-ring (bicyclic) bond motifs is 1. The van der Waals surface area contributed by atoms with Gasteiger partial charge in [0.2, 0.25) is 11.8 Å². The Hall–Kier alpha value is -3.15. The van der Waals surface area contributed by atoms with Crippen LogP contribution in [0.1, 0.15) is 19.4 Å². The van der Waals surface area contributed by atoms with E-state index in [0.717, 1.165) is 5.56 Å². The van der Waals surface area contributed by atoms with Crippen molar-refractivity contribution in [2.45, 2.75) is 19.4 Å². The Bertz CT molecular complexity index is 948. The summed E-state index contributed by atoms with van der Waals surface area (Å²) < 4.78 is 5.75. The number of rotatable bonds is 4. The molecule has 1 N–H and O–H groups in total. The van der Waals surface area contributed by atoms with E-state index < -0.39 is 11.5 Å². The predicted molar refractivity (Wildman–Crippen MR) is 92.9 cm³/mol. The van der Waals surface area contributed by atoms with E-state index in [1.165, 1.54) is 25.8 Å². The number of carboxylic acids is 1. The van der Waals surface area contributed by atoms with Crippen molar-refractivity contribution < 1.29 is 19.1 Å². The Labute approximate surface area is 144 Å². The topological polar surface area (TPSA) is 83.6 Å². The molecule has 1 amide bonds. The highest BCUT2D eigenvalue weighted by Crippen LogP contribution is 2.32. The summed E-state index contributed by atoms with van der Waals surface area (Å²) in [4.78, 5) is 29.3. The van der Waals surface area contributed by atoms with Crippen LogP contribution in [0, 0.1) is 0 Å². The predicted octanol–water partition coefficient (Wildman–Crippen LogP) is 3.27. The van der Waals surface area contributed by atoms with Crippen molar-refractivity contribution in [1.82, 2.24) is 9.88 Å². The smallest absolute Gasteiger partial charge is 0.334 e. The summed E-state index contributed by atoms with van der Waals surface area (Å²) in [6.45, 7) is 2.83. The molecule has 3 rings (SSSR count). The minimum atomic E-state index is -1.49. The van der Waals surface area contributed by atoms with E-state index in [0.29, 0.717) is 22.6 Å². The number of nitrogens with zero attached hydrogens (tertiary/aromatic N) is 2. The first-order valence-corrected chi connectivity index (χ1v) is 7.78. The van der Waals surface area contributed by atoms with Gasteiger partial charge in [-0.1, -0.05) is 24.3 Å². The van der Waals surface area contributed by atoms with Crippen LogP contribution in [0.3, 0.4) is 0 Å². The minimum absolute atomic E-state index is 0.338. The molecule has 0 fully saturated rings. The van der Waals surface area contributed by atoms with Crippen LogP contribution < -0.4 is 0 Å². The lowest BCUT2D eigenvalue weighted by Crippen LogP contribution is -2.49. The molecule has 0 aliphatic rings. The molecule has 0 saturated heterocycles. The summed E-state index contributed by atoms with van der Waals surface area (Å²) in [6.07, 6.45) is 0. The molecule has 1 atom stereocenters. The van der Waals surface area contributed by atoms with Crippen molar-refractivity contribution in [3.8, 4) is 11.5 Å². The molecule has 2 aromatic carbocycles. The van der Waals surface area contributed by atoms with Crippen LogP contribution in [-0.2, 0) is 15.1 Å². The number of amides is 1. The van der Waals surface area contributed by atoms with Crippen LogP contribution in [0.4, 0.5) is 0 Å². The molecule has 0 aliphatic carbocycles. The SMILES string of the molecule is CC(=O)N(C)C(C)(C(=O)O)c1ccc2oc(-c3ccccc3)nc2c1. The van der Waals surface area contributed by atoms with Crippen molar-refractivity contribution in [3.63, 3.8) is 0 Å². The summed E-state index contributed by atoms with van der Waals surface area (Å²) in [5.41, 5.74) is 0.896. The van der Waals surface area contributed by atoms with Crippen molar-refractivity contribution in [2.75, 3.05) is 7.05 Å². The van der Waals surface area contributed by atoms with Crippen molar-refractivity contribution in [2.24, 2.45) is 0 Å². The van der Waals surface area contributed by atoms with Gasteiger partial charge in [0, 0.05) is 19.5 Å². The van der Waals surface area contributed by atoms with Gasteiger partial charge in [-0.3, -0.25) is 4.79 Å². The molecular formula is C19H18N2O4. The van der Waals surface area contributed by atoms with Crippen molar-refractivity contribution in [3.05, 3.63) is 54.1 Å². The molecule has 0 radical (unpaired) electrons. The third-order valence-corrected chi connectivity index (χ3v) is 4.53. The fourth-order valence-electron chi connectivity index (χ4n) is 2.71. The third kappa shape index (κ3) is 2.76. The molecule has 1 aromatic heterocycles. The second-order valence-electron chi connectivity index (χ2n) is 6.02. The number of benzene rings is 2. The normalized spacial score (nSPS) is 13.4. The maximum atomic E-state index is 11.9. The van der Waals surface area contributed by atoms with E-state index in [9.17, 15) is 14.7 Å². The molecule has 6 heteroatoms. The van der Waals surface area contributed by atoms with E-state index >= 15 is 0 Å². The van der Waals surface area contributed by atoms with E-state index in [1.54, 1.807) is 18.2 Å². The summed E-state index contributed by atoms with van der Waals surface area (Å²) >= 11 is 0. The molecule has 1 unspecified atom stereocenters. The number of carbonyl (C=O) groups excluding carboxylic acids is 1. The maximum Gasteiger partial charge on any atom is 0.334 e. The number of hydrogen-bond acceptors (Lipinski definition) is 4. The largest absolute Gasteiger partial charge is 0.479 e. The highest BCUT2D eigenvalue weighted by Gasteiger charge is 2.41.